The Bertz CT molecular complexity index is 565. The van der Waals surface area contributed by atoms with Crippen LogP contribution in [0.2, 0.25) is 0 Å². The fourth-order valence-electron chi connectivity index (χ4n) is 3.25. The minimum atomic E-state index is -0.460. The molecule has 1 saturated heterocycles. The van der Waals surface area contributed by atoms with Gasteiger partial charge >= 0.3 is 0 Å². The number of hydrogen-bond acceptors (Lipinski definition) is 4. The molecule has 0 radical (unpaired) electrons. The molecule has 0 bridgehead atoms. The summed E-state index contributed by atoms with van der Waals surface area (Å²) in [5, 5.41) is 2.81. The number of hydrogen-bond donors (Lipinski definition) is 2. The molecule has 2 unspecified atom stereocenters. The molecule has 3 rings (SSSR count). The van der Waals surface area contributed by atoms with Crippen molar-refractivity contribution < 1.29 is 14.3 Å². The van der Waals surface area contributed by atoms with E-state index in [0.29, 0.717) is 32.6 Å². The quantitative estimate of drug-likeness (QED) is 0.837. The first-order valence-corrected chi connectivity index (χ1v) is 8.20. The van der Waals surface area contributed by atoms with E-state index in [1.165, 1.54) is 0 Å². The predicted octanol–water partition coefficient (Wildman–Crippen LogP) is 0.304. The highest BCUT2D eigenvalue weighted by atomic mass is 16.5. The fraction of sp³-hybridized carbons (Fsp3) is 0.529. The third-order valence-corrected chi connectivity index (χ3v) is 4.47. The van der Waals surface area contributed by atoms with Crippen molar-refractivity contribution in [3.63, 3.8) is 0 Å². The van der Waals surface area contributed by atoms with E-state index in [4.69, 9.17) is 10.5 Å². The van der Waals surface area contributed by atoms with Gasteiger partial charge in [0.15, 0.2) is 6.10 Å². The molecule has 1 fully saturated rings. The second kappa shape index (κ2) is 7.00. The average Bonchev–Trinajstić information content (AvgIpc) is 3.03. The number of para-hydroxylation sites is 1. The number of rotatable bonds is 4. The van der Waals surface area contributed by atoms with Crippen molar-refractivity contribution in [2.45, 2.75) is 25.4 Å². The minimum absolute atomic E-state index is 0.0106. The summed E-state index contributed by atoms with van der Waals surface area (Å²) in [6.07, 6.45) is 1.80. The summed E-state index contributed by atoms with van der Waals surface area (Å²) in [7, 11) is 0. The van der Waals surface area contributed by atoms with Gasteiger partial charge in [-0.3, -0.25) is 9.59 Å². The number of piperidine rings is 1. The molecule has 2 aliphatic rings. The van der Waals surface area contributed by atoms with E-state index in [9.17, 15) is 9.59 Å². The van der Waals surface area contributed by atoms with Crippen molar-refractivity contribution >= 4 is 11.8 Å². The summed E-state index contributed by atoms with van der Waals surface area (Å²) < 4.78 is 5.77. The van der Waals surface area contributed by atoms with Crippen LogP contribution >= 0.6 is 0 Å². The highest BCUT2D eigenvalue weighted by Gasteiger charge is 2.35. The normalized spacial score (nSPS) is 23.1. The monoisotopic (exact) mass is 317 g/mol. The maximum atomic E-state index is 12.7. The van der Waals surface area contributed by atoms with Crippen LogP contribution in [0.4, 0.5) is 0 Å². The van der Waals surface area contributed by atoms with E-state index >= 15 is 0 Å². The molecule has 0 saturated carbocycles. The van der Waals surface area contributed by atoms with Gasteiger partial charge in [-0.25, -0.2) is 0 Å². The number of ether oxygens (including phenoxy) is 1. The minimum Gasteiger partial charge on any atom is -0.480 e. The molecule has 0 spiro atoms. The number of carbonyl (C=O) groups is 2. The number of carbonyl (C=O) groups excluding carboxylic acids is 2. The van der Waals surface area contributed by atoms with Crippen molar-refractivity contribution in [2.24, 2.45) is 11.7 Å². The number of amides is 2. The topological polar surface area (TPSA) is 84.7 Å². The molecule has 1 aromatic carbocycles. The number of nitrogens with one attached hydrogen (secondary N) is 1. The van der Waals surface area contributed by atoms with Crippen LogP contribution in [0.15, 0.2) is 24.3 Å². The van der Waals surface area contributed by atoms with Crippen LogP contribution in [-0.4, -0.2) is 49.0 Å². The van der Waals surface area contributed by atoms with Gasteiger partial charge in [0.2, 0.25) is 5.91 Å². The largest absolute Gasteiger partial charge is 0.480 e. The smallest absolute Gasteiger partial charge is 0.264 e. The molecule has 124 valence electrons. The Balaban J connectivity index is 1.59. The number of likely N-dealkylation sites (tertiary alicyclic amines) is 1. The van der Waals surface area contributed by atoms with E-state index in [0.717, 1.165) is 24.2 Å². The third-order valence-electron chi connectivity index (χ3n) is 4.47. The van der Waals surface area contributed by atoms with Gasteiger partial charge in [0, 0.05) is 32.6 Å². The Morgan fingerprint density at radius 3 is 2.96 bits per heavy atom. The van der Waals surface area contributed by atoms with Crippen molar-refractivity contribution in [2.75, 3.05) is 26.2 Å². The van der Waals surface area contributed by atoms with E-state index in [1.807, 2.05) is 24.3 Å². The molecule has 2 heterocycles. The molecule has 1 aromatic rings. The molecule has 3 N–H and O–H groups in total. The zero-order valence-corrected chi connectivity index (χ0v) is 13.2. The maximum absolute atomic E-state index is 12.7. The van der Waals surface area contributed by atoms with Crippen LogP contribution in [-0.2, 0) is 16.0 Å². The van der Waals surface area contributed by atoms with E-state index in [2.05, 4.69) is 5.32 Å². The van der Waals surface area contributed by atoms with Crippen LogP contribution in [0.25, 0.3) is 0 Å². The van der Waals surface area contributed by atoms with Gasteiger partial charge in [-0.05, 0) is 24.5 Å². The van der Waals surface area contributed by atoms with Gasteiger partial charge in [0.25, 0.3) is 5.91 Å². The standard InChI is InChI=1S/C17H23N3O3/c18-7-8-19-16(21)13-5-3-9-20(11-13)17(22)15-10-12-4-1-2-6-14(12)23-15/h1-2,4,6,13,15H,3,5,7-11,18H2,(H,19,21). The Labute approximate surface area is 136 Å². The Kier molecular flexibility index (Phi) is 4.81. The molecule has 0 aliphatic carbocycles. The zero-order valence-electron chi connectivity index (χ0n) is 13.2. The summed E-state index contributed by atoms with van der Waals surface area (Å²) in [6, 6.07) is 7.74. The Morgan fingerprint density at radius 1 is 1.35 bits per heavy atom. The Morgan fingerprint density at radius 2 is 2.17 bits per heavy atom. The van der Waals surface area contributed by atoms with E-state index < -0.39 is 6.10 Å². The second-order valence-electron chi connectivity index (χ2n) is 6.12. The lowest BCUT2D eigenvalue weighted by molar-refractivity contribution is -0.141. The predicted molar refractivity (Wildman–Crippen MR) is 85.9 cm³/mol. The van der Waals surface area contributed by atoms with Crippen LogP contribution in [0.1, 0.15) is 18.4 Å². The second-order valence-corrected chi connectivity index (χ2v) is 6.12. The van der Waals surface area contributed by atoms with E-state index in [1.54, 1.807) is 4.90 Å². The Hall–Kier alpha value is -2.08. The number of fused-ring (bicyclic) bond motifs is 1. The van der Waals surface area contributed by atoms with Crippen LogP contribution in [0, 0.1) is 5.92 Å². The van der Waals surface area contributed by atoms with Gasteiger partial charge in [0.1, 0.15) is 5.75 Å². The maximum Gasteiger partial charge on any atom is 0.264 e. The summed E-state index contributed by atoms with van der Waals surface area (Å²) in [5.74, 6) is 0.615. The molecule has 2 aliphatic heterocycles. The molecule has 23 heavy (non-hydrogen) atoms. The summed E-state index contributed by atoms with van der Waals surface area (Å²) in [6.45, 7) is 2.06. The molecule has 2 atom stereocenters. The van der Waals surface area contributed by atoms with Gasteiger partial charge in [-0.15, -0.1) is 0 Å². The van der Waals surface area contributed by atoms with Crippen molar-refractivity contribution in [3.8, 4) is 5.75 Å². The lowest BCUT2D eigenvalue weighted by atomic mass is 9.96. The molecule has 2 amide bonds. The molecule has 0 aromatic heterocycles. The first kappa shape index (κ1) is 15.8. The number of nitrogens with zero attached hydrogens (tertiary/aromatic N) is 1. The molecular weight excluding hydrogens is 294 g/mol. The summed E-state index contributed by atoms with van der Waals surface area (Å²) >= 11 is 0. The number of nitrogens with two attached hydrogens (primary N) is 1. The highest BCUT2D eigenvalue weighted by Crippen LogP contribution is 2.29. The molecular formula is C17H23N3O3. The fourth-order valence-corrected chi connectivity index (χ4v) is 3.25. The molecule has 6 heteroatoms. The van der Waals surface area contributed by atoms with Crippen molar-refractivity contribution in [3.05, 3.63) is 29.8 Å². The average molecular weight is 317 g/mol. The van der Waals surface area contributed by atoms with Crippen molar-refractivity contribution in [1.82, 2.24) is 10.2 Å². The SMILES string of the molecule is NCCNC(=O)C1CCCN(C(=O)C2Cc3ccccc3O2)C1. The van der Waals surface area contributed by atoms with Gasteiger partial charge in [-0.1, -0.05) is 18.2 Å². The van der Waals surface area contributed by atoms with Gasteiger partial charge in [-0.2, -0.15) is 0 Å². The summed E-state index contributed by atoms with van der Waals surface area (Å²) in [5.41, 5.74) is 6.48. The summed E-state index contributed by atoms with van der Waals surface area (Å²) in [4.78, 5) is 26.6. The highest BCUT2D eigenvalue weighted by molar-refractivity contribution is 5.84. The van der Waals surface area contributed by atoms with Gasteiger partial charge in [0.05, 0.1) is 5.92 Å². The zero-order chi connectivity index (χ0) is 16.2. The van der Waals surface area contributed by atoms with Gasteiger partial charge < -0.3 is 20.7 Å². The van der Waals surface area contributed by atoms with Crippen molar-refractivity contribution in [1.29, 1.82) is 0 Å². The van der Waals surface area contributed by atoms with Crippen LogP contribution in [0.3, 0.4) is 0 Å². The lowest BCUT2D eigenvalue weighted by Crippen LogP contribution is -2.49. The first-order valence-electron chi connectivity index (χ1n) is 8.20. The lowest BCUT2D eigenvalue weighted by Gasteiger charge is -2.33. The van der Waals surface area contributed by atoms with Crippen LogP contribution < -0.4 is 15.8 Å². The van der Waals surface area contributed by atoms with Crippen LogP contribution in [0.5, 0.6) is 5.75 Å². The third kappa shape index (κ3) is 3.47. The molecule has 6 nitrogen and oxygen atoms in total. The first-order chi connectivity index (χ1) is 11.2. The van der Waals surface area contributed by atoms with E-state index in [-0.39, 0.29) is 17.7 Å². The number of benzene rings is 1.